The maximum absolute atomic E-state index is 10.2. The lowest BCUT2D eigenvalue weighted by Gasteiger charge is -2.37. The molecule has 0 amide bonds. The smallest absolute Gasteiger partial charge is 0.140 e. The van der Waals surface area contributed by atoms with Gasteiger partial charge in [0.2, 0.25) is 0 Å². The molecule has 5 rings (SSSR count). The molecule has 0 unspecified atom stereocenters. The van der Waals surface area contributed by atoms with E-state index in [0.29, 0.717) is 11.8 Å². The zero-order valence-electron chi connectivity index (χ0n) is 14.7. The lowest BCUT2D eigenvalue weighted by Crippen LogP contribution is -3.15. The minimum atomic E-state index is 0.382. The molecule has 3 aromatic carbocycles. The van der Waals surface area contributed by atoms with E-state index in [1.807, 2.05) is 18.2 Å². The van der Waals surface area contributed by atoms with Gasteiger partial charge in [-0.1, -0.05) is 60.7 Å². The van der Waals surface area contributed by atoms with E-state index in [4.69, 9.17) is 0 Å². The first-order valence-corrected chi connectivity index (χ1v) is 9.38. The number of nitrogens with one attached hydrogen (secondary N) is 1. The second-order valence-electron chi connectivity index (χ2n) is 7.24. The number of nitrogens with zero attached hydrogens (tertiary/aromatic N) is 1. The van der Waals surface area contributed by atoms with Crippen LogP contribution in [0.2, 0.25) is 0 Å². The number of para-hydroxylation sites is 2. The van der Waals surface area contributed by atoms with Crippen LogP contribution in [0.15, 0.2) is 72.8 Å². The van der Waals surface area contributed by atoms with E-state index in [1.54, 1.807) is 11.0 Å². The number of phenolic OH excluding ortho intramolecular Hbond substituents is 1. The minimum Gasteiger partial charge on any atom is -0.506 e. The highest BCUT2D eigenvalue weighted by Crippen LogP contribution is 2.41. The van der Waals surface area contributed by atoms with Crippen molar-refractivity contribution in [3.8, 4) is 16.9 Å². The molecule has 0 bridgehead atoms. The molecule has 3 heteroatoms. The molecule has 0 spiro atoms. The van der Waals surface area contributed by atoms with Crippen molar-refractivity contribution in [2.24, 2.45) is 0 Å². The Morgan fingerprint density at radius 2 is 1.27 bits per heavy atom. The third-order valence-corrected chi connectivity index (χ3v) is 5.87. The Kier molecular flexibility index (Phi) is 3.68. The van der Waals surface area contributed by atoms with Gasteiger partial charge in [-0.2, -0.15) is 0 Å². The number of benzene rings is 3. The van der Waals surface area contributed by atoms with Gasteiger partial charge in [0.25, 0.3) is 0 Å². The van der Waals surface area contributed by atoms with Gasteiger partial charge >= 0.3 is 0 Å². The maximum atomic E-state index is 10.2. The lowest BCUT2D eigenvalue weighted by atomic mass is 10.0. The Morgan fingerprint density at radius 1 is 0.731 bits per heavy atom. The van der Waals surface area contributed by atoms with Crippen molar-refractivity contribution in [1.82, 2.24) is 0 Å². The molecule has 1 heterocycles. The molecule has 3 aromatic rings. The van der Waals surface area contributed by atoms with Gasteiger partial charge in [-0.05, 0) is 23.3 Å². The lowest BCUT2D eigenvalue weighted by molar-refractivity contribution is -0.925. The van der Waals surface area contributed by atoms with Crippen molar-refractivity contribution < 1.29 is 10.0 Å². The van der Waals surface area contributed by atoms with Crippen molar-refractivity contribution in [1.29, 1.82) is 0 Å². The summed E-state index contributed by atoms with van der Waals surface area (Å²) in [4.78, 5) is 3.93. The van der Waals surface area contributed by atoms with Crippen LogP contribution in [-0.2, 0) is 0 Å². The van der Waals surface area contributed by atoms with Crippen LogP contribution in [0.25, 0.3) is 11.1 Å². The van der Waals surface area contributed by atoms with E-state index in [9.17, 15) is 5.11 Å². The summed E-state index contributed by atoms with van der Waals surface area (Å²) in [6, 6.07) is 25.8. The number of quaternary nitrogens is 1. The standard InChI is InChI=1S/C23H22N2O/c26-22-12-6-5-11-21(22)24-13-15-25(16-14-24)23-19-9-3-1-7-17(19)18-8-2-4-10-20(18)23/h1-12,23,26H,13-16H2/p+1. The number of fused-ring (bicyclic) bond motifs is 3. The van der Waals surface area contributed by atoms with E-state index < -0.39 is 0 Å². The Labute approximate surface area is 154 Å². The van der Waals surface area contributed by atoms with Crippen LogP contribution in [-0.4, -0.2) is 31.3 Å². The van der Waals surface area contributed by atoms with E-state index in [-0.39, 0.29) is 0 Å². The monoisotopic (exact) mass is 343 g/mol. The molecule has 2 N–H and O–H groups in total. The molecular formula is C23H23N2O+. The fraction of sp³-hybridized carbons (Fsp3) is 0.217. The molecule has 0 saturated carbocycles. The average molecular weight is 343 g/mol. The number of hydrogen-bond acceptors (Lipinski definition) is 2. The van der Waals surface area contributed by atoms with Gasteiger partial charge in [-0.15, -0.1) is 0 Å². The van der Waals surface area contributed by atoms with Crippen LogP contribution in [0.1, 0.15) is 17.2 Å². The van der Waals surface area contributed by atoms with Gasteiger partial charge in [-0.25, -0.2) is 0 Å². The molecule has 1 aliphatic carbocycles. The number of aromatic hydroxyl groups is 1. The summed E-state index contributed by atoms with van der Waals surface area (Å²) in [5.41, 5.74) is 6.66. The predicted octanol–water partition coefficient (Wildman–Crippen LogP) is 2.87. The summed E-state index contributed by atoms with van der Waals surface area (Å²) < 4.78 is 0. The molecule has 130 valence electrons. The van der Waals surface area contributed by atoms with E-state index in [0.717, 1.165) is 31.9 Å². The maximum Gasteiger partial charge on any atom is 0.140 e. The minimum absolute atomic E-state index is 0.382. The van der Waals surface area contributed by atoms with Crippen molar-refractivity contribution >= 4 is 5.69 Å². The van der Waals surface area contributed by atoms with Crippen LogP contribution in [0, 0.1) is 0 Å². The zero-order chi connectivity index (χ0) is 17.5. The Balaban J connectivity index is 1.43. The summed E-state index contributed by atoms with van der Waals surface area (Å²) >= 11 is 0. The van der Waals surface area contributed by atoms with Gasteiger partial charge < -0.3 is 14.9 Å². The van der Waals surface area contributed by atoms with Crippen LogP contribution in [0.4, 0.5) is 5.69 Å². The highest BCUT2D eigenvalue weighted by molar-refractivity contribution is 5.77. The van der Waals surface area contributed by atoms with Crippen molar-refractivity contribution in [2.45, 2.75) is 6.04 Å². The van der Waals surface area contributed by atoms with E-state index in [2.05, 4.69) is 53.4 Å². The SMILES string of the molecule is Oc1ccccc1N1CC[NH+](C2c3ccccc3-c3ccccc32)CC1. The van der Waals surface area contributed by atoms with Gasteiger partial charge in [-0.3, -0.25) is 0 Å². The molecule has 1 aliphatic heterocycles. The van der Waals surface area contributed by atoms with Gasteiger partial charge in [0.15, 0.2) is 0 Å². The first kappa shape index (κ1) is 15.5. The van der Waals surface area contributed by atoms with Gasteiger partial charge in [0, 0.05) is 11.1 Å². The largest absolute Gasteiger partial charge is 0.506 e. The van der Waals surface area contributed by atoms with Gasteiger partial charge in [0.05, 0.1) is 31.9 Å². The number of anilines is 1. The molecule has 1 fully saturated rings. The molecule has 1 saturated heterocycles. The molecule has 2 aliphatic rings. The molecule has 0 aromatic heterocycles. The second kappa shape index (κ2) is 6.19. The average Bonchev–Trinajstić information content (AvgIpc) is 3.03. The summed E-state index contributed by atoms with van der Waals surface area (Å²) in [5.74, 6) is 0.382. The van der Waals surface area contributed by atoms with Crippen LogP contribution in [0.3, 0.4) is 0 Å². The number of hydrogen-bond donors (Lipinski definition) is 2. The predicted molar refractivity (Wildman–Crippen MR) is 105 cm³/mol. The summed E-state index contributed by atoms with van der Waals surface area (Å²) in [7, 11) is 0. The Morgan fingerprint density at radius 3 is 1.88 bits per heavy atom. The zero-order valence-corrected chi connectivity index (χ0v) is 14.7. The number of piperazine rings is 1. The van der Waals surface area contributed by atoms with Crippen LogP contribution < -0.4 is 9.80 Å². The fourth-order valence-electron chi connectivity index (χ4n) is 4.65. The quantitative estimate of drug-likeness (QED) is 0.749. The molecule has 26 heavy (non-hydrogen) atoms. The van der Waals surface area contributed by atoms with E-state index in [1.165, 1.54) is 22.3 Å². The molecule has 3 nitrogen and oxygen atoms in total. The summed E-state index contributed by atoms with van der Waals surface area (Å²) in [6.07, 6.45) is 0. The molecule has 0 atom stereocenters. The highest BCUT2D eigenvalue weighted by Gasteiger charge is 2.37. The van der Waals surface area contributed by atoms with E-state index >= 15 is 0 Å². The Bertz CT molecular complexity index is 899. The van der Waals surface area contributed by atoms with Crippen LogP contribution in [0.5, 0.6) is 5.75 Å². The molecular weight excluding hydrogens is 320 g/mol. The highest BCUT2D eigenvalue weighted by atomic mass is 16.3. The molecule has 0 radical (unpaired) electrons. The van der Waals surface area contributed by atoms with Crippen molar-refractivity contribution in [2.75, 3.05) is 31.1 Å². The topological polar surface area (TPSA) is 27.9 Å². The number of rotatable bonds is 2. The first-order chi connectivity index (χ1) is 12.8. The third kappa shape index (κ3) is 2.39. The van der Waals surface area contributed by atoms with Gasteiger partial charge in [0.1, 0.15) is 11.8 Å². The summed E-state index contributed by atoms with van der Waals surface area (Å²) in [5, 5.41) is 10.2. The number of phenols is 1. The Hall–Kier alpha value is -2.78. The summed E-state index contributed by atoms with van der Waals surface area (Å²) in [6.45, 7) is 4.07. The fourth-order valence-corrected chi connectivity index (χ4v) is 4.65. The first-order valence-electron chi connectivity index (χ1n) is 9.38. The normalized spacial score (nSPS) is 17.2. The second-order valence-corrected chi connectivity index (χ2v) is 7.24. The van der Waals surface area contributed by atoms with Crippen LogP contribution >= 0.6 is 0 Å². The van der Waals surface area contributed by atoms with Crippen molar-refractivity contribution in [3.63, 3.8) is 0 Å². The third-order valence-electron chi connectivity index (χ3n) is 5.87. The van der Waals surface area contributed by atoms with Crippen molar-refractivity contribution in [3.05, 3.63) is 83.9 Å².